The molecule has 1 aromatic heterocycles. The highest BCUT2D eigenvalue weighted by molar-refractivity contribution is 6.05. The smallest absolute Gasteiger partial charge is 0.235 e. The number of rotatable bonds is 4. The summed E-state index contributed by atoms with van der Waals surface area (Å²) in [5, 5.41) is 4.28. The summed E-state index contributed by atoms with van der Waals surface area (Å²) in [7, 11) is 4.01. The molecule has 0 bridgehead atoms. The molecule has 4 heteroatoms. The molecule has 1 saturated carbocycles. The van der Waals surface area contributed by atoms with E-state index in [1.165, 1.54) is 0 Å². The van der Waals surface area contributed by atoms with E-state index >= 15 is 0 Å². The topological polar surface area (TPSA) is 48.1 Å². The third-order valence-electron chi connectivity index (χ3n) is 5.20. The van der Waals surface area contributed by atoms with Gasteiger partial charge in [0.15, 0.2) is 0 Å². The van der Waals surface area contributed by atoms with Gasteiger partial charge in [0.25, 0.3) is 0 Å². The SMILES string of the molecule is Cc1[nH]c2ccccc2c1C1(C(=O)Nc2ccc(N(C)C)cc2)CC1. The van der Waals surface area contributed by atoms with Gasteiger partial charge < -0.3 is 15.2 Å². The number of H-pyrrole nitrogens is 1. The highest BCUT2D eigenvalue weighted by Gasteiger charge is 2.53. The molecule has 25 heavy (non-hydrogen) atoms. The Labute approximate surface area is 147 Å². The van der Waals surface area contributed by atoms with Crippen LogP contribution in [0.3, 0.4) is 0 Å². The van der Waals surface area contributed by atoms with Gasteiger partial charge in [0.2, 0.25) is 5.91 Å². The van der Waals surface area contributed by atoms with Crippen molar-refractivity contribution in [3.8, 4) is 0 Å². The molecule has 0 unspecified atom stereocenters. The largest absolute Gasteiger partial charge is 0.378 e. The molecule has 1 heterocycles. The molecular weight excluding hydrogens is 310 g/mol. The third-order valence-corrected chi connectivity index (χ3v) is 5.20. The number of para-hydroxylation sites is 1. The number of carbonyl (C=O) groups is 1. The molecule has 3 aromatic rings. The van der Waals surface area contributed by atoms with Crippen molar-refractivity contribution in [2.75, 3.05) is 24.3 Å². The van der Waals surface area contributed by atoms with Gasteiger partial charge in [-0.15, -0.1) is 0 Å². The van der Waals surface area contributed by atoms with E-state index in [1.54, 1.807) is 0 Å². The molecule has 4 nitrogen and oxygen atoms in total. The number of aromatic amines is 1. The van der Waals surface area contributed by atoms with Crippen LogP contribution in [0.25, 0.3) is 10.9 Å². The highest BCUT2D eigenvalue weighted by Crippen LogP contribution is 2.52. The number of benzene rings is 2. The van der Waals surface area contributed by atoms with Crippen molar-refractivity contribution >= 4 is 28.2 Å². The van der Waals surface area contributed by atoms with Gasteiger partial charge in [0.05, 0.1) is 5.41 Å². The molecule has 0 radical (unpaired) electrons. The normalized spacial score (nSPS) is 15.2. The van der Waals surface area contributed by atoms with Crippen LogP contribution in [0.4, 0.5) is 11.4 Å². The van der Waals surface area contributed by atoms with Crippen molar-refractivity contribution in [2.24, 2.45) is 0 Å². The number of hydrogen-bond donors (Lipinski definition) is 2. The summed E-state index contributed by atoms with van der Waals surface area (Å²) in [6, 6.07) is 16.2. The number of nitrogens with one attached hydrogen (secondary N) is 2. The van der Waals surface area contributed by atoms with Gasteiger partial charge in [-0.2, -0.15) is 0 Å². The monoisotopic (exact) mass is 333 g/mol. The zero-order chi connectivity index (χ0) is 17.6. The molecule has 1 fully saturated rings. The van der Waals surface area contributed by atoms with E-state index in [1.807, 2.05) is 55.4 Å². The lowest BCUT2D eigenvalue weighted by Crippen LogP contribution is -2.28. The number of carbonyl (C=O) groups excluding carboxylic acids is 1. The zero-order valence-corrected chi connectivity index (χ0v) is 14.9. The van der Waals surface area contributed by atoms with E-state index in [2.05, 4.69) is 29.4 Å². The fourth-order valence-corrected chi connectivity index (χ4v) is 3.70. The molecule has 0 aliphatic heterocycles. The maximum Gasteiger partial charge on any atom is 0.235 e. The van der Waals surface area contributed by atoms with E-state index in [0.29, 0.717) is 0 Å². The summed E-state index contributed by atoms with van der Waals surface area (Å²) in [6.45, 7) is 2.06. The van der Waals surface area contributed by atoms with Crippen LogP contribution in [0.5, 0.6) is 0 Å². The molecule has 4 rings (SSSR count). The van der Waals surface area contributed by atoms with E-state index < -0.39 is 5.41 Å². The van der Waals surface area contributed by atoms with E-state index in [0.717, 1.165) is 46.4 Å². The standard InChI is InChI=1S/C21H23N3O/c1-14-19(17-6-4-5-7-18(17)22-14)21(12-13-21)20(25)23-15-8-10-16(11-9-15)24(2)3/h4-11,22H,12-13H2,1-3H3,(H,23,25). The van der Waals surface area contributed by atoms with Crippen LogP contribution in [0.2, 0.25) is 0 Å². The van der Waals surface area contributed by atoms with Gasteiger partial charge in [-0.05, 0) is 55.7 Å². The first-order chi connectivity index (χ1) is 12.0. The lowest BCUT2D eigenvalue weighted by molar-refractivity contribution is -0.118. The molecule has 1 aliphatic carbocycles. The summed E-state index contributed by atoms with van der Waals surface area (Å²) >= 11 is 0. The van der Waals surface area contributed by atoms with Crippen LogP contribution in [0.15, 0.2) is 48.5 Å². The average Bonchev–Trinajstić information content (AvgIpc) is 3.32. The van der Waals surface area contributed by atoms with Gasteiger partial charge in [0.1, 0.15) is 0 Å². The highest BCUT2D eigenvalue weighted by atomic mass is 16.2. The van der Waals surface area contributed by atoms with Crippen molar-refractivity contribution in [3.05, 3.63) is 59.8 Å². The number of aromatic nitrogens is 1. The molecule has 2 aromatic carbocycles. The lowest BCUT2D eigenvalue weighted by Gasteiger charge is -2.17. The van der Waals surface area contributed by atoms with E-state index in [-0.39, 0.29) is 5.91 Å². The van der Waals surface area contributed by atoms with Crippen LogP contribution in [-0.4, -0.2) is 25.0 Å². The number of hydrogen-bond acceptors (Lipinski definition) is 2. The fraction of sp³-hybridized carbons (Fsp3) is 0.286. The van der Waals surface area contributed by atoms with Crippen molar-refractivity contribution in [1.82, 2.24) is 4.98 Å². The first-order valence-corrected chi connectivity index (χ1v) is 8.68. The van der Waals surface area contributed by atoms with Gasteiger partial charge in [-0.25, -0.2) is 0 Å². The Morgan fingerprint density at radius 1 is 1.08 bits per heavy atom. The Morgan fingerprint density at radius 2 is 1.76 bits per heavy atom. The number of fused-ring (bicyclic) bond motifs is 1. The molecule has 0 saturated heterocycles. The summed E-state index contributed by atoms with van der Waals surface area (Å²) in [5.41, 5.74) is 4.92. The van der Waals surface area contributed by atoms with Crippen molar-refractivity contribution < 1.29 is 4.79 Å². The zero-order valence-electron chi connectivity index (χ0n) is 14.9. The second-order valence-corrected chi connectivity index (χ2v) is 7.15. The Balaban J connectivity index is 1.64. The van der Waals surface area contributed by atoms with Crippen LogP contribution in [-0.2, 0) is 10.2 Å². The molecule has 0 atom stereocenters. The lowest BCUT2D eigenvalue weighted by atomic mass is 9.92. The fourth-order valence-electron chi connectivity index (χ4n) is 3.70. The maximum atomic E-state index is 13.1. The second kappa shape index (κ2) is 5.66. The van der Waals surface area contributed by atoms with Gasteiger partial charge in [0, 0.05) is 42.1 Å². The third kappa shape index (κ3) is 2.58. The predicted octanol–water partition coefficient (Wildman–Crippen LogP) is 4.21. The van der Waals surface area contributed by atoms with Gasteiger partial charge in [-0.3, -0.25) is 4.79 Å². The average molecular weight is 333 g/mol. The maximum absolute atomic E-state index is 13.1. The summed E-state index contributed by atoms with van der Waals surface area (Å²) in [5.74, 6) is 0.0953. The van der Waals surface area contributed by atoms with E-state index in [4.69, 9.17) is 0 Å². The summed E-state index contributed by atoms with van der Waals surface area (Å²) in [6.07, 6.45) is 1.80. The summed E-state index contributed by atoms with van der Waals surface area (Å²) in [4.78, 5) is 18.5. The molecule has 2 N–H and O–H groups in total. The van der Waals surface area contributed by atoms with Crippen LogP contribution in [0, 0.1) is 6.92 Å². The Bertz CT molecular complexity index is 933. The number of amides is 1. The molecule has 1 amide bonds. The molecule has 0 spiro atoms. The quantitative estimate of drug-likeness (QED) is 0.751. The summed E-state index contributed by atoms with van der Waals surface area (Å²) < 4.78 is 0. The number of aryl methyl sites for hydroxylation is 1. The van der Waals surface area contributed by atoms with Gasteiger partial charge >= 0.3 is 0 Å². The first-order valence-electron chi connectivity index (χ1n) is 8.68. The Hall–Kier alpha value is -2.75. The minimum atomic E-state index is -0.399. The van der Waals surface area contributed by atoms with Crippen LogP contribution >= 0.6 is 0 Å². The van der Waals surface area contributed by atoms with Gasteiger partial charge in [-0.1, -0.05) is 18.2 Å². The minimum absolute atomic E-state index is 0.0953. The second-order valence-electron chi connectivity index (χ2n) is 7.15. The van der Waals surface area contributed by atoms with E-state index in [9.17, 15) is 4.79 Å². The predicted molar refractivity (Wildman–Crippen MR) is 103 cm³/mol. The minimum Gasteiger partial charge on any atom is -0.378 e. The van der Waals surface area contributed by atoms with Crippen LogP contribution in [0.1, 0.15) is 24.1 Å². The molecule has 128 valence electrons. The van der Waals surface area contributed by atoms with Crippen LogP contribution < -0.4 is 10.2 Å². The number of nitrogens with zero attached hydrogens (tertiary/aromatic N) is 1. The Morgan fingerprint density at radius 3 is 2.40 bits per heavy atom. The molecular formula is C21H23N3O. The molecule has 1 aliphatic rings. The van der Waals surface area contributed by atoms with Crippen molar-refractivity contribution in [1.29, 1.82) is 0 Å². The Kier molecular flexibility index (Phi) is 3.57. The number of anilines is 2. The first kappa shape index (κ1) is 15.8. The van der Waals surface area contributed by atoms with Crippen molar-refractivity contribution in [3.63, 3.8) is 0 Å². The van der Waals surface area contributed by atoms with Crippen molar-refractivity contribution in [2.45, 2.75) is 25.2 Å².